The van der Waals surface area contributed by atoms with Crippen LogP contribution < -0.4 is 5.73 Å². The number of amides is 1. The third kappa shape index (κ3) is 3.12. The van der Waals surface area contributed by atoms with Gasteiger partial charge in [-0.05, 0) is 48.4 Å². The van der Waals surface area contributed by atoms with Crippen molar-refractivity contribution < 1.29 is 22.7 Å². The van der Waals surface area contributed by atoms with Gasteiger partial charge in [-0.2, -0.15) is 13.2 Å². The summed E-state index contributed by atoms with van der Waals surface area (Å²) in [5.41, 5.74) is 8.98. The molecule has 2 N–H and O–H groups in total. The Morgan fingerprint density at radius 1 is 1.18 bits per heavy atom. The predicted octanol–water partition coefficient (Wildman–Crippen LogP) is 4.01. The maximum atomic E-state index is 13.7. The van der Waals surface area contributed by atoms with E-state index >= 15 is 0 Å². The van der Waals surface area contributed by atoms with Crippen LogP contribution in [0.5, 0.6) is 0 Å². The van der Waals surface area contributed by atoms with Crippen LogP contribution in [0, 0.1) is 0 Å². The number of fused-ring (bicyclic) bond motifs is 6. The van der Waals surface area contributed by atoms with Gasteiger partial charge in [-0.1, -0.05) is 6.07 Å². The van der Waals surface area contributed by atoms with E-state index in [-0.39, 0.29) is 12.0 Å². The van der Waals surface area contributed by atoms with Crippen molar-refractivity contribution in [1.29, 1.82) is 0 Å². The fourth-order valence-electron chi connectivity index (χ4n) is 5.18. The molecule has 1 fully saturated rings. The number of benzene rings is 2. The molecule has 0 bridgehead atoms. The number of imidazole rings is 1. The molecule has 1 aliphatic carbocycles. The molecule has 0 radical (unpaired) electrons. The Morgan fingerprint density at radius 3 is 2.79 bits per heavy atom. The number of aromatic nitrogens is 3. The number of hydrogen-bond acceptors (Lipinski definition) is 5. The third-order valence-electron chi connectivity index (χ3n) is 6.64. The average Bonchev–Trinajstić information content (AvgIpc) is 3.42. The Bertz CT molecular complexity index is 1460. The standard InChI is InChI=1S/C24H20F3N5O2/c1-12-10-31(21-16-4-3-15(24(25,26)27)6-14(16)8-20(21)34-12)23(33)13-2-5-17-18(7-13)32-11-29-9-19(32)22(28)30-17/h2-7,9,11-12,20-21H,8,10H2,1H3,(H2,28,30)/t12-,20+,21-/m0/s1. The van der Waals surface area contributed by atoms with E-state index in [1.807, 2.05) is 6.92 Å². The van der Waals surface area contributed by atoms with Gasteiger partial charge in [0, 0.05) is 18.5 Å². The largest absolute Gasteiger partial charge is 0.416 e. The number of halogens is 3. The molecule has 3 heterocycles. The Balaban J connectivity index is 1.41. The Morgan fingerprint density at radius 2 is 2.00 bits per heavy atom. The summed E-state index contributed by atoms with van der Waals surface area (Å²) in [6.07, 6.45) is -1.52. The number of nitrogens with zero attached hydrogens (tertiary/aromatic N) is 4. The summed E-state index contributed by atoms with van der Waals surface area (Å²) in [5, 5.41) is 0. The lowest BCUT2D eigenvalue weighted by molar-refractivity contribution is -0.137. The molecule has 174 valence electrons. The second kappa shape index (κ2) is 7.17. The maximum absolute atomic E-state index is 13.7. The molecule has 2 aromatic heterocycles. The van der Waals surface area contributed by atoms with Crippen molar-refractivity contribution in [3.63, 3.8) is 0 Å². The third-order valence-corrected chi connectivity index (χ3v) is 6.64. The average molecular weight is 467 g/mol. The van der Waals surface area contributed by atoms with Gasteiger partial charge < -0.3 is 15.4 Å². The molecule has 7 nitrogen and oxygen atoms in total. The van der Waals surface area contributed by atoms with Crippen molar-refractivity contribution in [3.8, 4) is 0 Å². The highest BCUT2D eigenvalue weighted by molar-refractivity contribution is 5.98. The highest BCUT2D eigenvalue weighted by atomic mass is 19.4. The fraction of sp³-hybridized carbons (Fsp3) is 0.292. The van der Waals surface area contributed by atoms with E-state index in [0.29, 0.717) is 52.0 Å². The first kappa shape index (κ1) is 20.9. The molecule has 1 aliphatic heterocycles. The van der Waals surface area contributed by atoms with Crippen LogP contribution in [-0.2, 0) is 17.3 Å². The van der Waals surface area contributed by atoms with Gasteiger partial charge in [0.05, 0.1) is 47.4 Å². The Kier molecular flexibility index (Phi) is 4.41. The van der Waals surface area contributed by atoms with Gasteiger partial charge in [0.2, 0.25) is 0 Å². The first-order valence-electron chi connectivity index (χ1n) is 10.9. The monoisotopic (exact) mass is 467 g/mol. The summed E-state index contributed by atoms with van der Waals surface area (Å²) in [6, 6.07) is 8.45. The summed E-state index contributed by atoms with van der Waals surface area (Å²) in [4.78, 5) is 24.0. The number of carbonyl (C=O) groups excluding carboxylic acids is 1. The van der Waals surface area contributed by atoms with E-state index in [1.54, 1.807) is 40.0 Å². The van der Waals surface area contributed by atoms with Crippen molar-refractivity contribution >= 4 is 28.3 Å². The number of morpholine rings is 1. The van der Waals surface area contributed by atoms with E-state index in [9.17, 15) is 18.0 Å². The number of ether oxygens (including phenoxy) is 1. The molecule has 10 heteroatoms. The van der Waals surface area contributed by atoms with Crippen molar-refractivity contribution in [2.24, 2.45) is 0 Å². The normalized spacial score (nSPS) is 22.2. The van der Waals surface area contributed by atoms with Crippen LogP contribution in [0.4, 0.5) is 19.0 Å². The molecule has 0 unspecified atom stereocenters. The van der Waals surface area contributed by atoms with Gasteiger partial charge in [-0.25, -0.2) is 9.97 Å². The lowest BCUT2D eigenvalue weighted by atomic mass is 10.0. The molecule has 1 amide bonds. The first-order valence-corrected chi connectivity index (χ1v) is 10.9. The van der Waals surface area contributed by atoms with Crippen molar-refractivity contribution in [3.05, 3.63) is 71.2 Å². The molecule has 2 aromatic carbocycles. The number of carbonyl (C=O) groups is 1. The van der Waals surface area contributed by atoms with E-state index < -0.39 is 23.9 Å². The number of nitrogen functional groups attached to an aromatic ring is 1. The van der Waals surface area contributed by atoms with Crippen molar-refractivity contribution in [2.75, 3.05) is 12.3 Å². The van der Waals surface area contributed by atoms with Crippen molar-refractivity contribution in [2.45, 2.75) is 37.8 Å². The fourth-order valence-corrected chi connectivity index (χ4v) is 5.18. The summed E-state index contributed by atoms with van der Waals surface area (Å²) >= 11 is 0. The van der Waals surface area contributed by atoms with Gasteiger partial charge in [0.25, 0.3) is 5.91 Å². The van der Waals surface area contributed by atoms with Gasteiger partial charge in [0.1, 0.15) is 11.3 Å². The van der Waals surface area contributed by atoms with E-state index in [2.05, 4.69) is 9.97 Å². The lowest BCUT2D eigenvalue weighted by Crippen LogP contribution is -2.50. The van der Waals surface area contributed by atoms with E-state index in [4.69, 9.17) is 10.5 Å². The molecule has 34 heavy (non-hydrogen) atoms. The highest BCUT2D eigenvalue weighted by Crippen LogP contribution is 2.43. The number of alkyl halides is 3. The molecule has 1 saturated heterocycles. The summed E-state index contributed by atoms with van der Waals surface area (Å²) < 4.78 is 47.6. The minimum Gasteiger partial charge on any atom is -0.382 e. The zero-order valence-electron chi connectivity index (χ0n) is 18.1. The highest BCUT2D eigenvalue weighted by Gasteiger charge is 2.45. The summed E-state index contributed by atoms with van der Waals surface area (Å²) in [6.45, 7) is 2.20. The molecule has 2 aliphatic rings. The first-order chi connectivity index (χ1) is 16.2. The minimum atomic E-state index is -4.42. The Labute approximate surface area is 192 Å². The quantitative estimate of drug-likeness (QED) is 0.457. The molecule has 6 rings (SSSR count). The van der Waals surface area contributed by atoms with Crippen LogP contribution in [0.2, 0.25) is 0 Å². The van der Waals surface area contributed by atoms with Crippen molar-refractivity contribution in [1.82, 2.24) is 19.3 Å². The number of anilines is 1. The zero-order valence-corrected chi connectivity index (χ0v) is 18.1. The van der Waals surface area contributed by atoms with Gasteiger partial charge in [-0.15, -0.1) is 0 Å². The maximum Gasteiger partial charge on any atom is 0.416 e. The second-order valence-corrected chi connectivity index (χ2v) is 8.85. The van der Waals surface area contributed by atoms with Crippen LogP contribution in [-0.4, -0.2) is 43.9 Å². The lowest BCUT2D eigenvalue weighted by Gasteiger charge is -2.41. The molecule has 4 aromatic rings. The van der Waals surface area contributed by atoms with E-state index in [0.717, 1.165) is 6.07 Å². The number of hydrogen-bond donors (Lipinski definition) is 1. The van der Waals surface area contributed by atoms with Gasteiger partial charge >= 0.3 is 6.18 Å². The van der Waals surface area contributed by atoms with E-state index in [1.165, 1.54) is 12.1 Å². The molecule has 0 spiro atoms. The van der Waals surface area contributed by atoms with Crippen LogP contribution in [0.15, 0.2) is 48.9 Å². The zero-order chi connectivity index (χ0) is 23.8. The number of rotatable bonds is 1. The van der Waals surface area contributed by atoms with Gasteiger partial charge in [0.15, 0.2) is 0 Å². The minimum absolute atomic E-state index is 0.218. The molecule has 3 atom stereocenters. The second-order valence-electron chi connectivity index (χ2n) is 8.85. The van der Waals surface area contributed by atoms with Crippen LogP contribution in [0.25, 0.3) is 16.6 Å². The predicted molar refractivity (Wildman–Crippen MR) is 118 cm³/mol. The van der Waals surface area contributed by atoms with Gasteiger partial charge in [-0.3, -0.25) is 9.20 Å². The van der Waals surface area contributed by atoms with Crippen LogP contribution >= 0.6 is 0 Å². The molecular formula is C24H20F3N5O2. The van der Waals surface area contributed by atoms with Crippen LogP contribution in [0.1, 0.15) is 40.0 Å². The van der Waals surface area contributed by atoms with Crippen LogP contribution in [0.3, 0.4) is 0 Å². The molecular weight excluding hydrogens is 447 g/mol. The summed E-state index contributed by atoms with van der Waals surface area (Å²) in [7, 11) is 0. The molecule has 0 saturated carbocycles. The SMILES string of the molecule is C[C@H]1CN(C(=O)c2ccc3nc(N)c4cncn4c3c2)[C@H]2c3ccc(C(F)(F)F)cc3C[C@H]2O1. The Hall–Kier alpha value is -3.66. The topological polar surface area (TPSA) is 85.8 Å². The number of nitrogens with two attached hydrogens (primary N) is 1. The smallest absolute Gasteiger partial charge is 0.382 e. The summed E-state index contributed by atoms with van der Waals surface area (Å²) in [5.74, 6) is 0.125.